The topological polar surface area (TPSA) is 50.2 Å². The van der Waals surface area contributed by atoms with Crippen LogP contribution < -0.4 is 5.32 Å². The van der Waals surface area contributed by atoms with Crippen molar-refractivity contribution in [2.45, 2.75) is 25.3 Å². The van der Waals surface area contributed by atoms with Gasteiger partial charge in [-0.3, -0.25) is 14.4 Å². The lowest BCUT2D eigenvalue weighted by Crippen LogP contribution is -2.46. The Morgan fingerprint density at radius 2 is 2.44 bits per heavy atom. The van der Waals surface area contributed by atoms with E-state index in [4.69, 9.17) is 0 Å². The molecule has 0 saturated carbocycles. The van der Waals surface area contributed by atoms with Crippen molar-refractivity contribution < 1.29 is 4.79 Å². The number of fused-ring (bicyclic) bond motifs is 1. The molecule has 5 nitrogen and oxygen atoms in total. The van der Waals surface area contributed by atoms with Crippen LogP contribution in [0.2, 0.25) is 0 Å². The highest BCUT2D eigenvalue weighted by molar-refractivity contribution is 5.82. The molecule has 3 rings (SSSR count). The molecule has 1 N–H and O–H groups in total. The standard InChI is InChI=1S/C13H20N4O/c1-16-10(4-6-15-16)5-8-17-7-2-3-11-12(17)9-14-13(11)18/h4,6,11-12H,2-3,5,7-9H2,1H3,(H,14,18)/t11-,12-/m1/s1. The number of carbonyl (C=O) groups is 1. The smallest absolute Gasteiger partial charge is 0.224 e. The van der Waals surface area contributed by atoms with Crippen molar-refractivity contribution in [3.8, 4) is 0 Å². The number of nitrogens with one attached hydrogen (secondary N) is 1. The number of likely N-dealkylation sites (tertiary alicyclic amines) is 1. The fraction of sp³-hybridized carbons (Fsp3) is 0.692. The Morgan fingerprint density at radius 1 is 1.56 bits per heavy atom. The average molecular weight is 248 g/mol. The van der Waals surface area contributed by atoms with Gasteiger partial charge in [0.15, 0.2) is 0 Å². The van der Waals surface area contributed by atoms with Gasteiger partial charge in [-0.25, -0.2) is 0 Å². The summed E-state index contributed by atoms with van der Waals surface area (Å²) in [4.78, 5) is 14.2. The van der Waals surface area contributed by atoms with Gasteiger partial charge in [-0.15, -0.1) is 0 Å². The highest BCUT2D eigenvalue weighted by Crippen LogP contribution is 2.27. The molecular weight excluding hydrogens is 228 g/mol. The zero-order valence-electron chi connectivity index (χ0n) is 10.8. The fourth-order valence-electron chi connectivity index (χ4n) is 3.22. The van der Waals surface area contributed by atoms with E-state index in [-0.39, 0.29) is 11.8 Å². The van der Waals surface area contributed by atoms with Gasteiger partial charge in [0.1, 0.15) is 0 Å². The van der Waals surface area contributed by atoms with Crippen molar-refractivity contribution in [3.63, 3.8) is 0 Å². The predicted octanol–water partition coefficient (Wildman–Crippen LogP) is 0.173. The molecule has 2 atom stereocenters. The van der Waals surface area contributed by atoms with Crippen LogP contribution in [0, 0.1) is 5.92 Å². The first-order valence-corrected chi connectivity index (χ1v) is 6.74. The summed E-state index contributed by atoms with van der Waals surface area (Å²) >= 11 is 0. The lowest BCUT2D eigenvalue weighted by atomic mass is 9.91. The Labute approximate surface area is 107 Å². The van der Waals surface area contributed by atoms with Crippen LogP contribution in [0.1, 0.15) is 18.5 Å². The van der Waals surface area contributed by atoms with E-state index in [1.54, 1.807) is 0 Å². The molecule has 98 valence electrons. The maximum Gasteiger partial charge on any atom is 0.224 e. The van der Waals surface area contributed by atoms with E-state index in [0.29, 0.717) is 6.04 Å². The van der Waals surface area contributed by atoms with Crippen LogP contribution in [0.3, 0.4) is 0 Å². The SMILES string of the molecule is Cn1nccc1CCN1CCC[C@H]2C(=O)NC[C@H]21. The van der Waals surface area contributed by atoms with Gasteiger partial charge < -0.3 is 5.32 Å². The number of hydrogen-bond acceptors (Lipinski definition) is 3. The number of amides is 1. The highest BCUT2D eigenvalue weighted by atomic mass is 16.2. The molecule has 1 amide bonds. The molecule has 0 bridgehead atoms. The summed E-state index contributed by atoms with van der Waals surface area (Å²) in [6, 6.07) is 2.49. The van der Waals surface area contributed by atoms with Crippen LogP contribution >= 0.6 is 0 Å². The van der Waals surface area contributed by atoms with Crippen molar-refractivity contribution in [2.75, 3.05) is 19.6 Å². The molecule has 3 heterocycles. The van der Waals surface area contributed by atoms with Gasteiger partial charge in [-0.05, 0) is 25.5 Å². The fourth-order valence-corrected chi connectivity index (χ4v) is 3.22. The first kappa shape index (κ1) is 11.7. The molecule has 2 aliphatic rings. The maximum atomic E-state index is 11.7. The zero-order chi connectivity index (χ0) is 12.5. The second kappa shape index (κ2) is 4.72. The highest BCUT2D eigenvalue weighted by Gasteiger charge is 2.40. The molecule has 0 aromatic carbocycles. The maximum absolute atomic E-state index is 11.7. The third kappa shape index (κ3) is 2.03. The summed E-state index contributed by atoms with van der Waals surface area (Å²) in [5.41, 5.74) is 1.26. The van der Waals surface area contributed by atoms with Gasteiger partial charge in [0.05, 0.1) is 5.92 Å². The Hall–Kier alpha value is -1.36. The lowest BCUT2D eigenvalue weighted by Gasteiger charge is -2.35. The number of nitrogens with zero attached hydrogens (tertiary/aromatic N) is 3. The van der Waals surface area contributed by atoms with Crippen LogP contribution in [0.15, 0.2) is 12.3 Å². The minimum atomic E-state index is 0.227. The number of hydrogen-bond donors (Lipinski definition) is 1. The minimum absolute atomic E-state index is 0.227. The van der Waals surface area contributed by atoms with Gasteiger partial charge in [0.2, 0.25) is 5.91 Å². The first-order valence-electron chi connectivity index (χ1n) is 6.74. The molecule has 0 radical (unpaired) electrons. The van der Waals surface area contributed by atoms with E-state index < -0.39 is 0 Å². The van der Waals surface area contributed by atoms with Crippen molar-refractivity contribution >= 4 is 5.91 Å². The second-order valence-electron chi connectivity index (χ2n) is 5.29. The summed E-state index contributed by atoms with van der Waals surface area (Å²) in [6.45, 7) is 2.97. The molecule has 1 aromatic rings. The summed E-state index contributed by atoms with van der Waals surface area (Å²) in [5, 5.41) is 7.19. The van der Waals surface area contributed by atoms with Crippen LogP contribution in [-0.2, 0) is 18.3 Å². The van der Waals surface area contributed by atoms with E-state index in [0.717, 1.165) is 38.9 Å². The molecule has 2 fully saturated rings. The normalized spacial score (nSPS) is 28.2. The van der Waals surface area contributed by atoms with Crippen LogP contribution in [0.5, 0.6) is 0 Å². The number of carbonyl (C=O) groups excluding carboxylic acids is 1. The van der Waals surface area contributed by atoms with E-state index in [1.807, 2.05) is 17.9 Å². The van der Waals surface area contributed by atoms with Crippen LogP contribution in [-0.4, -0.2) is 46.3 Å². The average Bonchev–Trinajstić information content (AvgIpc) is 2.95. The Morgan fingerprint density at radius 3 is 3.22 bits per heavy atom. The number of aromatic nitrogens is 2. The van der Waals surface area contributed by atoms with Gasteiger partial charge in [-0.1, -0.05) is 0 Å². The summed E-state index contributed by atoms with van der Waals surface area (Å²) in [6.07, 6.45) is 5.04. The summed E-state index contributed by atoms with van der Waals surface area (Å²) in [7, 11) is 1.98. The van der Waals surface area contributed by atoms with E-state index in [9.17, 15) is 4.79 Å². The third-order valence-electron chi connectivity index (χ3n) is 4.29. The number of piperidine rings is 1. The minimum Gasteiger partial charge on any atom is -0.354 e. The second-order valence-corrected chi connectivity index (χ2v) is 5.29. The molecule has 0 aliphatic carbocycles. The lowest BCUT2D eigenvalue weighted by molar-refractivity contribution is -0.124. The Bertz CT molecular complexity index is 442. The van der Waals surface area contributed by atoms with E-state index in [1.165, 1.54) is 5.69 Å². The van der Waals surface area contributed by atoms with Gasteiger partial charge in [0, 0.05) is 44.5 Å². The van der Waals surface area contributed by atoms with Crippen molar-refractivity contribution in [1.29, 1.82) is 0 Å². The summed E-state index contributed by atoms with van der Waals surface area (Å²) in [5.74, 6) is 0.482. The van der Waals surface area contributed by atoms with Crippen LogP contribution in [0.25, 0.3) is 0 Å². The molecule has 5 heteroatoms. The molecule has 0 spiro atoms. The summed E-state index contributed by atoms with van der Waals surface area (Å²) < 4.78 is 1.93. The molecule has 1 aromatic heterocycles. The van der Waals surface area contributed by atoms with Crippen molar-refractivity contribution in [3.05, 3.63) is 18.0 Å². The number of rotatable bonds is 3. The first-order chi connectivity index (χ1) is 8.75. The molecule has 2 saturated heterocycles. The molecule has 0 unspecified atom stereocenters. The number of aryl methyl sites for hydroxylation is 1. The Kier molecular flexibility index (Phi) is 3.07. The largest absolute Gasteiger partial charge is 0.354 e. The van der Waals surface area contributed by atoms with Crippen molar-refractivity contribution in [1.82, 2.24) is 20.0 Å². The quantitative estimate of drug-likeness (QED) is 0.830. The van der Waals surface area contributed by atoms with Gasteiger partial charge in [0.25, 0.3) is 0 Å². The van der Waals surface area contributed by atoms with E-state index >= 15 is 0 Å². The zero-order valence-corrected chi connectivity index (χ0v) is 10.8. The molecule has 2 aliphatic heterocycles. The third-order valence-corrected chi connectivity index (χ3v) is 4.29. The molecular formula is C13H20N4O. The van der Waals surface area contributed by atoms with E-state index in [2.05, 4.69) is 21.4 Å². The Balaban J connectivity index is 1.62. The van der Waals surface area contributed by atoms with Gasteiger partial charge >= 0.3 is 0 Å². The predicted molar refractivity (Wildman–Crippen MR) is 68.0 cm³/mol. The van der Waals surface area contributed by atoms with Gasteiger partial charge in [-0.2, -0.15) is 5.10 Å². The monoisotopic (exact) mass is 248 g/mol. The van der Waals surface area contributed by atoms with Crippen molar-refractivity contribution in [2.24, 2.45) is 13.0 Å². The van der Waals surface area contributed by atoms with Crippen LogP contribution in [0.4, 0.5) is 0 Å². The molecule has 18 heavy (non-hydrogen) atoms.